The molecular formula is C26H30O. The second-order valence-corrected chi connectivity index (χ2v) is 10.7. The molecule has 4 saturated carbocycles. The molecule has 4 fully saturated rings. The van der Waals surface area contributed by atoms with Crippen molar-refractivity contribution in [3.8, 4) is 5.75 Å². The van der Waals surface area contributed by atoms with E-state index in [1.54, 1.807) is 0 Å². The molecule has 0 amide bonds. The number of fused-ring (bicyclic) bond motifs is 3. The van der Waals surface area contributed by atoms with Crippen LogP contribution in [0.4, 0.5) is 0 Å². The fourth-order valence-corrected chi connectivity index (χ4v) is 7.01. The van der Waals surface area contributed by atoms with Crippen molar-refractivity contribution in [2.45, 2.75) is 63.9 Å². The van der Waals surface area contributed by atoms with Gasteiger partial charge in [0.15, 0.2) is 0 Å². The summed E-state index contributed by atoms with van der Waals surface area (Å²) in [6, 6.07) is 11.2. The van der Waals surface area contributed by atoms with Gasteiger partial charge in [-0.3, -0.25) is 0 Å². The second kappa shape index (κ2) is 5.19. The molecule has 0 atom stereocenters. The maximum absolute atomic E-state index is 7.16. The summed E-state index contributed by atoms with van der Waals surface area (Å²) in [7, 11) is 0. The average molecular weight is 359 g/mol. The maximum Gasteiger partial charge on any atom is 0.136 e. The van der Waals surface area contributed by atoms with Gasteiger partial charge in [0.05, 0.1) is 0 Å². The molecule has 7 rings (SSSR count). The number of hydrogen-bond acceptors (Lipinski definition) is 1. The Labute approximate surface area is 162 Å². The van der Waals surface area contributed by atoms with Crippen molar-refractivity contribution >= 4 is 16.8 Å². The molecule has 4 bridgehead atoms. The van der Waals surface area contributed by atoms with Crippen LogP contribution in [0, 0.1) is 23.7 Å². The molecule has 140 valence electrons. The Morgan fingerprint density at radius 3 is 2.26 bits per heavy atom. The van der Waals surface area contributed by atoms with Crippen molar-refractivity contribution in [1.82, 2.24) is 0 Å². The highest BCUT2D eigenvalue weighted by Gasteiger charge is 2.58. The van der Waals surface area contributed by atoms with E-state index in [9.17, 15) is 0 Å². The minimum atomic E-state index is -0.0420. The van der Waals surface area contributed by atoms with Gasteiger partial charge in [0.25, 0.3) is 0 Å². The van der Waals surface area contributed by atoms with E-state index in [1.807, 2.05) is 0 Å². The lowest BCUT2D eigenvalue weighted by atomic mass is 9.49. The SMILES string of the molecule is CC(C)(C)c1cc2ccccc2c2c1C=CC1(O2)C2CC3CC(C2)CC1C3. The third kappa shape index (κ3) is 2.18. The van der Waals surface area contributed by atoms with Gasteiger partial charge in [0.1, 0.15) is 11.4 Å². The van der Waals surface area contributed by atoms with Crippen molar-refractivity contribution in [1.29, 1.82) is 0 Å². The molecular weight excluding hydrogens is 328 g/mol. The zero-order valence-electron chi connectivity index (χ0n) is 16.8. The smallest absolute Gasteiger partial charge is 0.136 e. The summed E-state index contributed by atoms with van der Waals surface area (Å²) in [5, 5.41) is 2.61. The zero-order valence-corrected chi connectivity index (χ0v) is 16.8. The van der Waals surface area contributed by atoms with Gasteiger partial charge in [-0.05, 0) is 72.4 Å². The summed E-state index contributed by atoms with van der Waals surface area (Å²) in [4.78, 5) is 0. The Morgan fingerprint density at radius 2 is 1.59 bits per heavy atom. The van der Waals surface area contributed by atoms with Gasteiger partial charge >= 0.3 is 0 Å². The highest BCUT2D eigenvalue weighted by Crippen LogP contribution is 2.61. The van der Waals surface area contributed by atoms with Crippen molar-refractivity contribution in [3.05, 3.63) is 47.5 Å². The van der Waals surface area contributed by atoms with E-state index in [0.29, 0.717) is 0 Å². The first-order valence-corrected chi connectivity index (χ1v) is 10.9. The van der Waals surface area contributed by atoms with Crippen LogP contribution >= 0.6 is 0 Å². The molecule has 0 saturated heterocycles. The van der Waals surface area contributed by atoms with E-state index in [-0.39, 0.29) is 11.0 Å². The van der Waals surface area contributed by atoms with E-state index < -0.39 is 0 Å². The van der Waals surface area contributed by atoms with E-state index >= 15 is 0 Å². The molecule has 5 aliphatic rings. The summed E-state index contributed by atoms with van der Waals surface area (Å²) in [6.45, 7) is 6.95. The molecule has 2 aromatic rings. The van der Waals surface area contributed by atoms with Crippen LogP contribution in [0.25, 0.3) is 16.8 Å². The molecule has 2 aromatic carbocycles. The Bertz CT molecular complexity index is 930. The molecule has 1 heteroatoms. The summed E-state index contributed by atoms with van der Waals surface area (Å²) in [5.74, 6) is 4.53. The number of ether oxygens (including phenoxy) is 1. The minimum absolute atomic E-state index is 0.0420. The zero-order chi connectivity index (χ0) is 18.4. The average Bonchev–Trinajstić information content (AvgIpc) is 2.64. The lowest BCUT2D eigenvalue weighted by Gasteiger charge is -2.60. The van der Waals surface area contributed by atoms with E-state index in [4.69, 9.17) is 4.74 Å². The third-order valence-corrected chi connectivity index (χ3v) is 8.05. The highest BCUT2D eigenvalue weighted by molar-refractivity contribution is 5.94. The molecule has 0 unspecified atom stereocenters. The maximum atomic E-state index is 7.16. The van der Waals surface area contributed by atoms with Gasteiger partial charge in [-0.2, -0.15) is 0 Å². The van der Waals surface area contributed by atoms with E-state index in [2.05, 4.69) is 63.3 Å². The largest absolute Gasteiger partial charge is 0.481 e. The molecule has 0 N–H and O–H groups in total. The van der Waals surface area contributed by atoms with Gasteiger partial charge in [0, 0.05) is 22.8 Å². The quantitative estimate of drug-likeness (QED) is 0.507. The molecule has 0 radical (unpaired) electrons. The van der Waals surface area contributed by atoms with Crippen molar-refractivity contribution < 1.29 is 4.74 Å². The molecule has 1 nitrogen and oxygen atoms in total. The van der Waals surface area contributed by atoms with Crippen molar-refractivity contribution in [2.75, 3.05) is 0 Å². The summed E-state index contributed by atoms with van der Waals surface area (Å²) < 4.78 is 7.16. The highest BCUT2D eigenvalue weighted by atomic mass is 16.5. The van der Waals surface area contributed by atoms with Gasteiger partial charge in [-0.1, -0.05) is 51.1 Å². The van der Waals surface area contributed by atoms with Crippen LogP contribution in [0.2, 0.25) is 0 Å². The summed E-state index contributed by atoms with van der Waals surface area (Å²) in [5.41, 5.74) is 2.79. The van der Waals surface area contributed by atoms with Gasteiger partial charge in [0.2, 0.25) is 0 Å². The van der Waals surface area contributed by atoms with Crippen LogP contribution in [-0.4, -0.2) is 5.60 Å². The van der Waals surface area contributed by atoms with Crippen LogP contribution in [0.5, 0.6) is 5.75 Å². The fourth-order valence-electron chi connectivity index (χ4n) is 7.01. The van der Waals surface area contributed by atoms with E-state index in [0.717, 1.165) is 29.4 Å². The first-order valence-electron chi connectivity index (χ1n) is 10.9. The second-order valence-electron chi connectivity index (χ2n) is 10.7. The summed E-state index contributed by atoms with van der Waals surface area (Å²) >= 11 is 0. The molecule has 1 spiro atoms. The number of rotatable bonds is 0. The van der Waals surface area contributed by atoms with Gasteiger partial charge < -0.3 is 4.74 Å². The molecule has 1 heterocycles. The normalized spacial score (nSPS) is 36.3. The van der Waals surface area contributed by atoms with Crippen LogP contribution < -0.4 is 4.74 Å². The van der Waals surface area contributed by atoms with Crippen molar-refractivity contribution in [3.63, 3.8) is 0 Å². The lowest BCUT2D eigenvalue weighted by Crippen LogP contribution is -2.60. The molecule has 1 aliphatic heterocycles. The predicted octanol–water partition coefficient (Wildman–Crippen LogP) is 6.74. The van der Waals surface area contributed by atoms with Crippen LogP contribution in [0.3, 0.4) is 0 Å². The summed E-state index contributed by atoms with van der Waals surface area (Å²) in [6.07, 6.45) is 11.9. The Morgan fingerprint density at radius 1 is 0.926 bits per heavy atom. The number of hydrogen-bond donors (Lipinski definition) is 0. The Kier molecular flexibility index (Phi) is 3.12. The fraction of sp³-hybridized carbons (Fsp3) is 0.538. The predicted molar refractivity (Wildman–Crippen MR) is 112 cm³/mol. The Balaban J connectivity index is 1.56. The van der Waals surface area contributed by atoms with Crippen LogP contribution in [0.1, 0.15) is 64.0 Å². The molecule has 0 aromatic heterocycles. The van der Waals surface area contributed by atoms with E-state index in [1.165, 1.54) is 54.0 Å². The topological polar surface area (TPSA) is 9.23 Å². The standard InChI is InChI=1S/C26H30O/c1-25(2,3)23-15-18-6-4-5-7-21(18)24-22(23)8-9-26(27-24)19-11-16-10-17(13-19)14-20(26)12-16/h4-9,15-17,19-20H,10-14H2,1-3H3. The first-order chi connectivity index (χ1) is 12.9. The lowest BCUT2D eigenvalue weighted by molar-refractivity contribution is -0.128. The minimum Gasteiger partial charge on any atom is -0.481 e. The Hall–Kier alpha value is -1.76. The van der Waals surface area contributed by atoms with Crippen molar-refractivity contribution in [2.24, 2.45) is 23.7 Å². The molecule has 4 aliphatic carbocycles. The third-order valence-electron chi connectivity index (χ3n) is 8.05. The van der Waals surface area contributed by atoms with Crippen LogP contribution in [0.15, 0.2) is 36.4 Å². The molecule has 27 heavy (non-hydrogen) atoms. The first kappa shape index (κ1) is 16.2. The van der Waals surface area contributed by atoms with Crippen LogP contribution in [-0.2, 0) is 5.41 Å². The van der Waals surface area contributed by atoms with Gasteiger partial charge in [-0.15, -0.1) is 0 Å². The van der Waals surface area contributed by atoms with Gasteiger partial charge in [-0.25, -0.2) is 0 Å². The number of benzene rings is 2. The monoisotopic (exact) mass is 358 g/mol.